The smallest absolute Gasteiger partial charge is 0.337 e. The lowest BCUT2D eigenvalue weighted by molar-refractivity contribution is -0.136. The predicted molar refractivity (Wildman–Crippen MR) is 104 cm³/mol. The number of carbonyl (C=O) groups is 2. The largest absolute Gasteiger partial charge is 0.490 e. The molecule has 0 heterocycles. The Labute approximate surface area is 159 Å². The Morgan fingerprint density at radius 1 is 1.04 bits per heavy atom. The Hall–Kier alpha value is -3.08. The molecule has 0 spiro atoms. The molecule has 5 heteroatoms. The van der Waals surface area contributed by atoms with Crippen molar-refractivity contribution in [1.82, 2.24) is 0 Å². The van der Waals surface area contributed by atoms with Gasteiger partial charge in [-0.2, -0.15) is 0 Å². The quantitative estimate of drug-likeness (QED) is 0.379. The Kier molecular flexibility index (Phi) is 7.62. The summed E-state index contributed by atoms with van der Waals surface area (Å²) in [5.74, 6) is 0.278. The standard InChI is InChI=1S/C22H24O5/c1-4-16-9-11-17(12-10-16)13-19(22(24)25-3)15-27-21-18(14-23)7-6-8-20(21)26-5-2/h6-14H,4-5,15H2,1-3H3/b19-13+. The van der Waals surface area contributed by atoms with Crippen LogP contribution < -0.4 is 9.47 Å². The number of methoxy groups -OCH3 is 1. The van der Waals surface area contributed by atoms with Crippen molar-refractivity contribution in [2.45, 2.75) is 20.3 Å². The normalized spacial score (nSPS) is 11.0. The number of carbonyl (C=O) groups excluding carboxylic acids is 2. The van der Waals surface area contributed by atoms with Gasteiger partial charge in [-0.15, -0.1) is 0 Å². The molecule has 0 unspecified atom stereocenters. The Bertz CT molecular complexity index is 806. The van der Waals surface area contributed by atoms with Crippen LogP contribution >= 0.6 is 0 Å². The summed E-state index contributed by atoms with van der Waals surface area (Å²) in [7, 11) is 1.32. The minimum atomic E-state index is -0.490. The van der Waals surface area contributed by atoms with Gasteiger partial charge in [0.05, 0.1) is 24.9 Å². The van der Waals surface area contributed by atoms with Crippen molar-refractivity contribution in [3.63, 3.8) is 0 Å². The van der Waals surface area contributed by atoms with E-state index in [2.05, 4.69) is 6.92 Å². The molecule has 2 aromatic carbocycles. The highest BCUT2D eigenvalue weighted by Crippen LogP contribution is 2.31. The van der Waals surface area contributed by atoms with Crippen LogP contribution in [0.2, 0.25) is 0 Å². The first-order chi connectivity index (χ1) is 13.1. The molecule has 0 fully saturated rings. The van der Waals surface area contributed by atoms with E-state index in [0.29, 0.717) is 35.5 Å². The Morgan fingerprint density at radius 2 is 1.78 bits per heavy atom. The van der Waals surface area contributed by atoms with Crippen LogP contribution in [0.15, 0.2) is 48.0 Å². The summed E-state index contributed by atoms with van der Waals surface area (Å²) in [6.07, 6.45) is 3.36. The van der Waals surface area contributed by atoms with Gasteiger partial charge in [-0.25, -0.2) is 4.79 Å². The molecule has 0 saturated carbocycles. The first-order valence-electron chi connectivity index (χ1n) is 8.84. The van der Waals surface area contributed by atoms with Gasteiger partial charge < -0.3 is 14.2 Å². The maximum atomic E-state index is 12.2. The minimum Gasteiger partial charge on any atom is -0.490 e. The van der Waals surface area contributed by atoms with Crippen LogP contribution in [0.4, 0.5) is 0 Å². The maximum Gasteiger partial charge on any atom is 0.337 e. The molecule has 0 aliphatic carbocycles. The molecule has 0 aromatic heterocycles. The maximum absolute atomic E-state index is 12.2. The second-order valence-corrected chi connectivity index (χ2v) is 5.77. The molecule has 142 valence electrons. The van der Waals surface area contributed by atoms with Crippen molar-refractivity contribution in [3.8, 4) is 11.5 Å². The van der Waals surface area contributed by atoms with E-state index in [-0.39, 0.29) is 6.61 Å². The van der Waals surface area contributed by atoms with E-state index >= 15 is 0 Å². The lowest BCUT2D eigenvalue weighted by Crippen LogP contribution is -2.14. The second-order valence-electron chi connectivity index (χ2n) is 5.77. The molecule has 27 heavy (non-hydrogen) atoms. The van der Waals surface area contributed by atoms with Gasteiger partial charge in [0.25, 0.3) is 0 Å². The fourth-order valence-electron chi connectivity index (χ4n) is 2.54. The number of esters is 1. The zero-order chi connectivity index (χ0) is 19.6. The molecule has 0 aliphatic heterocycles. The van der Waals surface area contributed by atoms with Gasteiger partial charge in [0.1, 0.15) is 6.61 Å². The van der Waals surface area contributed by atoms with Crippen molar-refractivity contribution in [3.05, 3.63) is 64.7 Å². The third-order valence-electron chi connectivity index (χ3n) is 3.98. The van der Waals surface area contributed by atoms with Gasteiger partial charge in [-0.1, -0.05) is 37.3 Å². The average molecular weight is 368 g/mol. The van der Waals surface area contributed by atoms with Crippen molar-refractivity contribution >= 4 is 18.3 Å². The highest BCUT2D eigenvalue weighted by Gasteiger charge is 2.15. The van der Waals surface area contributed by atoms with Gasteiger partial charge in [-0.05, 0) is 42.7 Å². The fraction of sp³-hybridized carbons (Fsp3) is 0.273. The number of ether oxygens (including phenoxy) is 3. The van der Waals surface area contributed by atoms with Crippen LogP contribution in [-0.2, 0) is 16.0 Å². The van der Waals surface area contributed by atoms with E-state index in [0.717, 1.165) is 12.0 Å². The minimum absolute atomic E-state index is 0.0485. The topological polar surface area (TPSA) is 61.8 Å². The first kappa shape index (κ1) is 20.2. The van der Waals surface area contributed by atoms with E-state index in [1.165, 1.54) is 12.7 Å². The monoisotopic (exact) mass is 368 g/mol. The average Bonchev–Trinajstić information content (AvgIpc) is 2.71. The molecular weight excluding hydrogens is 344 g/mol. The van der Waals surface area contributed by atoms with E-state index in [1.807, 2.05) is 31.2 Å². The molecule has 2 aromatic rings. The molecular formula is C22H24O5. The molecule has 2 rings (SSSR count). The van der Waals surface area contributed by atoms with Crippen molar-refractivity contribution < 1.29 is 23.8 Å². The molecule has 0 saturated heterocycles. The fourth-order valence-corrected chi connectivity index (χ4v) is 2.54. The predicted octanol–water partition coefficient (Wildman–Crippen LogP) is 4.10. The molecule has 0 bridgehead atoms. The Morgan fingerprint density at radius 3 is 2.37 bits per heavy atom. The van der Waals surface area contributed by atoms with Crippen LogP contribution in [0.1, 0.15) is 35.3 Å². The number of hydrogen-bond acceptors (Lipinski definition) is 5. The first-order valence-corrected chi connectivity index (χ1v) is 8.84. The van der Waals surface area contributed by atoms with E-state index in [1.54, 1.807) is 24.3 Å². The van der Waals surface area contributed by atoms with E-state index in [9.17, 15) is 9.59 Å². The molecule has 5 nitrogen and oxygen atoms in total. The molecule has 0 amide bonds. The lowest BCUT2D eigenvalue weighted by Gasteiger charge is -2.14. The van der Waals surface area contributed by atoms with Gasteiger partial charge in [0, 0.05) is 0 Å². The number of aldehydes is 1. The van der Waals surface area contributed by atoms with Gasteiger partial charge >= 0.3 is 5.97 Å². The summed E-state index contributed by atoms with van der Waals surface area (Å²) in [6.45, 7) is 4.31. The van der Waals surface area contributed by atoms with E-state index < -0.39 is 5.97 Å². The number of rotatable bonds is 9. The van der Waals surface area contributed by atoms with Crippen LogP contribution in [0.25, 0.3) is 6.08 Å². The molecule has 0 N–H and O–H groups in total. The van der Waals surface area contributed by atoms with Gasteiger partial charge in [-0.3, -0.25) is 4.79 Å². The van der Waals surface area contributed by atoms with Crippen LogP contribution in [0.5, 0.6) is 11.5 Å². The lowest BCUT2D eigenvalue weighted by atomic mass is 10.1. The van der Waals surface area contributed by atoms with Crippen LogP contribution in [0.3, 0.4) is 0 Å². The summed E-state index contributed by atoms with van der Waals surface area (Å²) in [5, 5.41) is 0. The molecule has 0 radical (unpaired) electrons. The zero-order valence-corrected chi connectivity index (χ0v) is 15.9. The number of hydrogen-bond donors (Lipinski definition) is 0. The third kappa shape index (κ3) is 5.45. The molecule has 0 aliphatic rings. The van der Waals surface area contributed by atoms with Gasteiger partial charge in [0.15, 0.2) is 17.8 Å². The number of aryl methyl sites for hydroxylation is 1. The Balaban J connectivity index is 2.28. The van der Waals surface area contributed by atoms with Crippen LogP contribution in [0, 0.1) is 0 Å². The van der Waals surface area contributed by atoms with Gasteiger partial charge in [0.2, 0.25) is 0 Å². The number of benzene rings is 2. The third-order valence-corrected chi connectivity index (χ3v) is 3.98. The van der Waals surface area contributed by atoms with Crippen molar-refractivity contribution in [2.75, 3.05) is 20.3 Å². The summed E-state index contributed by atoms with van der Waals surface area (Å²) in [6, 6.07) is 13.0. The number of para-hydroxylation sites is 1. The van der Waals surface area contributed by atoms with Crippen LogP contribution in [-0.4, -0.2) is 32.6 Å². The second kappa shape index (κ2) is 10.2. The van der Waals surface area contributed by atoms with Crippen molar-refractivity contribution in [2.24, 2.45) is 0 Å². The summed E-state index contributed by atoms with van der Waals surface area (Å²) in [5.41, 5.74) is 2.77. The van der Waals surface area contributed by atoms with Crippen molar-refractivity contribution in [1.29, 1.82) is 0 Å². The SMILES string of the molecule is CCOc1cccc(C=O)c1OC/C(=C\c1ccc(CC)cc1)C(=O)OC. The summed E-state index contributed by atoms with van der Waals surface area (Å²) < 4.78 is 16.2. The van der Waals surface area contributed by atoms with E-state index in [4.69, 9.17) is 14.2 Å². The zero-order valence-electron chi connectivity index (χ0n) is 15.9. The molecule has 0 atom stereocenters. The summed E-state index contributed by atoms with van der Waals surface area (Å²) in [4.78, 5) is 23.5. The summed E-state index contributed by atoms with van der Waals surface area (Å²) >= 11 is 0. The highest BCUT2D eigenvalue weighted by atomic mass is 16.5. The highest BCUT2D eigenvalue weighted by molar-refractivity contribution is 5.94.